The molecule has 0 unspecified atom stereocenters. The number of carbonyl (C=O) groups is 3. The molecular formula is C25H26ClN3O4. The van der Waals surface area contributed by atoms with E-state index in [1.54, 1.807) is 75.1 Å². The molecule has 0 fully saturated rings. The molecule has 33 heavy (non-hydrogen) atoms. The highest BCUT2D eigenvalue weighted by molar-refractivity contribution is 6.33. The van der Waals surface area contributed by atoms with Gasteiger partial charge in [-0.15, -0.1) is 0 Å². The van der Waals surface area contributed by atoms with Crippen LogP contribution in [0.1, 0.15) is 54.9 Å². The van der Waals surface area contributed by atoms with Gasteiger partial charge in [0.05, 0.1) is 23.7 Å². The van der Waals surface area contributed by atoms with E-state index in [4.69, 9.17) is 16.3 Å². The molecule has 0 aliphatic carbocycles. The van der Waals surface area contributed by atoms with Crippen LogP contribution < -0.4 is 0 Å². The molecule has 0 radical (unpaired) electrons. The van der Waals surface area contributed by atoms with Gasteiger partial charge in [-0.2, -0.15) is 0 Å². The molecular weight excluding hydrogens is 442 g/mol. The Bertz CT molecular complexity index is 1190. The molecule has 1 amide bonds. The van der Waals surface area contributed by atoms with Gasteiger partial charge in [0.2, 0.25) is 0 Å². The van der Waals surface area contributed by atoms with Crippen molar-refractivity contribution in [3.8, 4) is 0 Å². The third-order valence-corrected chi connectivity index (χ3v) is 5.83. The summed E-state index contributed by atoms with van der Waals surface area (Å²) >= 11 is 6.26. The van der Waals surface area contributed by atoms with Crippen LogP contribution in [0.3, 0.4) is 0 Å². The molecule has 3 aromatic rings. The Morgan fingerprint density at radius 3 is 2.48 bits per heavy atom. The molecule has 0 bridgehead atoms. The van der Waals surface area contributed by atoms with E-state index in [1.165, 1.54) is 4.90 Å². The Balaban J connectivity index is 1.97. The van der Waals surface area contributed by atoms with E-state index in [1.807, 2.05) is 6.07 Å². The van der Waals surface area contributed by atoms with E-state index in [0.717, 1.165) is 5.56 Å². The summed E-state index contributed by atoms with van der Waals surface area (Å²) in [7, 11) is 1.72. The van der Waals surface area contributed by atoms with Gasteiger partial charge in [-0.1, -0.05) is 29.8 Å². The van der Waals surface area contributed by atoms with E-state index < -0.39 is 5.97 Å². The van der Waals surface area contributed by atoms with Gasteiger partial charge >= 0.3 is 5.97 Å². The van der Waals surface area contributed by atoms with Crippen LogP contribution in [0.4, 0.5) is 0 Å². The standard InChI is InChI=1S/C25H26ClN3O4/c1-5-33-25(32)23-16(2)22(17(3)28(23)4)21(30)15-29(14-18-9-8-12-27-13-18)24(31)19-10-6-7-11-20(19)26/h6-13H,5,14-15H2,1-4H3. The van der Waals surface area contributed by atoms with Crippen LogP contribution in [0.2, 0.25) is 5.02 Å². The summed E-state index contributed by atoms with van der Waals surface area (Å²) in [5.74, 6) is -1.13. The number of amides is 1. The summed E-state index contributed by atoms with van der Waals surface area (Å²) in [5, 5.41) is 0.308. The van der Waals surface area contributed by atoms with Gasteiger partial charge in [0.25, 0.3) is 5.91 Å². The Kier molecular flexibility index (Phi) is 7.66. The van der Waals surface area contributed by atoms with Crippen LogP contribution in [-0.4, -0.2) is 45.3 Å². The van der Waals surface area contributed by atoms with Crippen LogP contribution in [-0.2, 0) is 18.3 Å². The SMILES string of the molecule is CCOC(=O)c1c(C)c(C(=O)CN(Cc2cccnc2)C(=O)c2ccccc2Cl)c(C)n1C. The van der Waals surface area contributed by atoms with Gasteiger partial charge < -0.3 is 14.2 Å². The minimum absolute atomic E-state index is 0.180. The summed E-state index contributed by atoms with van der Waals surface area (Å²) in [6, 6.07) is 10.3. The number of esters is 1. The first-order chi connectivity index (χ1) is 15.8. The maximum atomic E-state index is 13.4. The lowest BCUT2D eigenvalue weighted by Gasteiger charge is -2.23. The van der Waals surface area contributed by atoms with Crippen molar-refractivity contribution >= 4 is 29.3 Å². The van der Waals surface area contributed by atoms with Crippen molar-refractivity contribution in [2.45, 2.75) is 27.3 Å². The average Bonchev–Trinajstić information content (AvgIpc) is 3.02. The van der Waals surface area contributed by atoms with E-state index in [9.17, 15) is 14.4 Å². The minimum atomic E-state index is -0.487. The molecule has 8 heteroatoms. The summed E-state index contributed by atoms with van der Waals surface area (Å²) in [4.78, 5) is 44.8. The predicted octanol–water partition coefficient (Wildman–Crippen LogP) is 4.39. The zero-order valence-corrected chi connectivity index (χ0v) is 19.8. The summed E-state index contributed by atoms with van der Waals surface area (Å²) in [5.41, 5.74) is 2.98. The van der Waals surface area contributed by atoms with Crippen LogP contribution in [0.5, 0.6) is 0 Å². The molecule has 1 aromatic carbocycles. The number of halogens is 1. The van der Waals surface area contributed by atoms with E-state index in [-0.39, 0.29) is 31.4 Å². The number of ether oxygens (including phenoxy) is 1. The lowest BCUT2D eigenvalue weighted by molar-refractivity contribution is 0.0514. The summed E-state index contributed by atoms with van der Waals surface area (Å²) < 4.78 is 6.80. The fourth-order valence-corrected chi connectivity index (χ4v) is 4.06. The quantitative estimate of drug-likeness (QED) is 0.362. The number of pyridine rings is 1. The molecule has 0 saturated heterocycles. The molecule has 0 aliphatic rings. The van der Waals surface area contributed by atoms with E-state index in [2.05, 4.69) is 4.98 Å². The van der Waals surface area contributed by atoms with Gasteiger partial charge in [0.1, 0.15) is 5.69 Å². The van der Waals surface area contributed by atoms with Crippen LogP contribution >= 0.6 is 11.6 Å². The highest BCUT2D eigenvalue weighted by atomic mass is 35.5. The lowest BCUT2D eigenvalue weighted by atomic mass is 10.0. The number of nitrogens with zero attached hydrogens (tertiary/aromatic N) is 3. The van der Waals surface area contributed by atoms with Crippen molar-refractivity contribution in [1.29, 1.82) is 0 Å². The van der Waals surface area contributed by atoms with Crippen LogP contribution in [0, 0.1) is 13.8 Å². The molecule has 0 atom stereocenters. The third kappa shape index (κ3) is 5.14. The largest absolute Gasteiger partial charge is 0.461 e. The van der Waals surface area contributed by atoms with Crippen molar-refractivity contribution in [1.82, 2.24) is 14.5 Å². The lowest BCUT2D eigenvalue weighted by Crippen LogP contribution is -2.35. The second kappa shape index (κ2) is 10.4. The van der Waals surface area contributed by atoms with Gasteiger partial charge in [0, 0.05) is 37.2 Å². The zero-order chi connectivity index (χ0) is 24.1. The van der Waals surface area contributed by atoms with Gasteiger partial charge in [-0.3, -0.25) is 14.6 Å². The number of benzene rings is 1. The molecule has 0 spiro atoms. The first-order valence-corrected chi connectivity index (χ1v) is 10.9. The average molecular weight is 468 g/mol. The van der Waals surface area contributed by atoms with Crippen LogP contribution in [0.15, 0.2) is 48.8 Å². The first-order valence-electron chi connectivity index (χ1n) is 10.5. The normalized spacial score (nSPS) is 10.7. The van der Waals surface area contributed by atoms with Crippen molar-refractivity contribution in [3.05, 3.63) is 87.5 Å². The fraction of sp³-hybridized carbons (Fsp3) is 0.280. The number of rotatable bonds is 8. The predicted molar refractivity (Wildman–Crippen MR) is 126 cm³/mol. The highest BCUT2D eigenvalue weighted by Crippen LogP contribution is 2.24. The second-order valence-electron chi connectivity index (χ2n) is 7.64. The molecule has 0 saturated carbocycles. The number of Topliss-reactive ketones (excluding diaryl/α,β-unsaturated/α-hetero) is 1. The number of ketones is 1. The Hall–Kier alpha value is -3.45. The van der Waals surface area contributed by atoms with Crippen molar-refractivity contribution < 1.29 is 19.1 Å². The summed E-state index contributed by atoms with van der Waals surface area (Å²) in [6.07, 6.45) is 3.29. The minimum Gasteiger partial charge on any atom is -0.461 e. The topological polar surface area (TPSA) is 81.5 Å². The van der Waals surface area contributed by atoms with E-state index >= 15 is 0 Å². The smallest absolute Gasteiger partial charge is 0.355 e. The monoisotopic (exact) mass is 467 g/mol. The molecule has 0 N–H and O–H groups in total. The first kappa shape index (κ1) is 24.2. The number of hydrogen-bond donors (Lipinski definition) is 0. The molecule has 172 valence electrons. The van der Waals surface area contributed by atoms with Crippen molar-refractivity contribution in [2.75, 3.05) is 13.2 Å². The maximum Gasteiger partial charge on any atom is 0.355 e. The van der Waals surface area contributed by atoms with Gasteiger partial charge in [0.15, 0.2) is 5.78 Å². The van der Waals surface area contributed by atoms with Crippen molar-refractivity contribution in [3.63, 3.8) is 0 Å². The zero-order valence-electron chi connectivity index (χ0n) is 19.1. The number of hydrogen-bond acceptors (Lipinski definition) is 5. The molecule has 3 rings (SSSR count). The van der Waals surface area contributed by atoms with Gasteiger partial charge in [-0.05, 0) is 50.1 Å². The molecule has 0 aliphatic heterocycles. The molecule has 2 heterocycles. The number of aromatic nitrogens is 2. The summed E-state index contributed by atoms with van der Waals surface area (Å²) in [6.45, 7) is 5.44. The Morgan fingerprint density at radius 2 is 1.85 bits per heavy atom. The maximum absolute atomic E-state index is 13.4. The highest BCUT2D eigenvalue weighted by Gasteiger charge is 2.28. The fourth-order valence-electron chi connectivity index (χ4n) is 3.85. The number of carbonyl (C=O) groups excluding carboxylic acids is 3. The Morgan fingerprint density at radius 1 is 1.12 bits per heavy atom. The molecule has 2 aromatic heterocycles. The van der Waals surface area contributed by atoms with E-state index in [0.29, 0.717) is 33.1 Å². The Labute approximate surface area is 197 Å². The van der Waals surface area contributed by atoms with Crippen LogP contribution in [0.25, 0.3) is 0 Å². The third-order valence-electron chi connectivity index (χ3n) is 5.50. The molecule has 7 nitrogen and oxygen atoms in total. The second-order valence-corrected chi connectivity index (χ2v) is 8.05. The van der Waals surface area contributed by atoms with Gasteiger partial charge in [-0.25, -0.2) is 4.79 Å². The van der Waals surface area contributed by atoms with Crippen molar-refractivity contribution in [2.24, 2.45) is 7.05 Å².